The zero-order valence-electron chi connectivity index (χ0n) is 11.2. The maximum Gasteiger partial charge on any atom is 0.329 e. The number of aliphatic carboxylic acids is 1. The first-order chi connectivity index (χ1) is 8.93. The van der Waals surface area contributed by atoms with Crippen LogP contribution in [0.2, 0.25) is 0 Å². The molecule has 19 heavy (non-hydrogen) atoms. The van der Waals surface area contributed by atoms with Crippen LogP contribution in [-0.4, -0.2) is 73.0 Å². The normalized spacial score (nSPS) is 29.1. The van der Waals surface area contributed by atoms with Gasteiger partial charge in [-0.05, 0) is 13.3 Å². The molecule has 2 rings (SSSR count). The molecule has 2 heterocycles. The van der Waals surface area contributed by atoms with Crippen LogP contribution in [0, 0.1) is 0 Å². The summed E-state index contributed by atoms with van der Waals surface area (Å²) in [6.45, 7) is 3.06. The minimum Gasteiger partial charge on any atom is -0.480 e. The van der Waals surface area contributed by atoms with Crippen molar-refractivity contribution in [2.24, 2.45) is 0 Å². The van der Waals surface area contributed by atoms with Gasteiger partial charge >= 0.3 is 5.97 Å². The van der Waals surface area contributed by atoms with Crippen molar-refractivity contribution in [2.75, 3.05) is 33.4 Å². The minimum absolute atomic E-state index is 0.0379. The zero-order chi connectivity index (χ0) is 14.0. The Morgan fingerprint density at radius 2 is 2.16 bits per heavy atom. The summed E-state index contributed by atoms with van der Waals surface area (Å²) in [7, 11) is 1.64. The molecule has 7 heteroatoms. The monoisotopic (exact) mass is 272 g/mol. The second-order valence-electron chi connectivity index (χ2n) is 5.38. The number of nitrogens with one attached hydrogen (secondary N) is 1. The van der Waals surface area contributed by atoms with Crippen LogP contribution in [0.3, 0.4) is 0 Å². The Labute approximate surface area is 111 Å². The van der Waals surface area contributed by atoms with Crippen LogP contribution in [0.25, 0.3) is 0 Å². The Morgan fingerprint density at radius 3 is 2.68 bits per heavy atom. The van der Waals surface area contributed by atoms with E-state index in [9.17, 15) is 9.59 Å². The van der Waals surface area contributed by atoms with Crippen molar-refractivity contribution in [1.29, 1.82) is 0 Å². The van der Waals surface area contributed by atoms with Gasteiger partial charge in [0, 0.05) is 13.7 Å². The van der Waals surface area contributed by atoms with E-state index in [4.69, 9.17) is 14.6 Å². The Morgan fingerprint density at radius 1 is 1.47 bits per heavy atom. The summed E-state index contributed by atoms with van der Waals surface area (Å²) in [4.78, 5) is 24.3. The van der Waals surface area contributed by atoms with E-state index >= 15 is 0 Å². The summed E-state index contributed by atoms with van der Waals surface area (Å²) in [6.07, 6.45) is 0.767. The number of nitrogens with zero attached hydrogens (tertiary/aromatic N) is 1. The van der Waals surface area contributed by atoms with Gasteiger partial charge in [0.25, 0.3) is 0 Å². The fourth-order valence-electron chi connectivity index (χ4n) is 2.54. The highest BCUT2D eigenvalue weighted by molar-refractivity contribution is 5.83. The van der Waals surface area contributed by atoms with Crippen LogP contribution < -0.4 is 5.32 Å². The molecule has 0 aromatic rings. The summed E-state index contributed by atoms with van der Waals surface area (Å²) in [6, 6.07) is -0.200. The van der Waals surface area contributed by atoms with Crippen LogP contribution in [0.4, 0.5) is 0 Å². The van der Waals surface area contributed by atoms with Gasteiger partial charge in [0.15, 0.2) is 0 Å². The van der Waals surface area contributed by atoms with E-state index in [1.54, 1.807) is 12.0 Å². The van der Waals surface area contributed by atoms with E-state index in [1.165, 1.54) is 0 Å². The van der Waals surface area contributed by atoms with Crippen molar-refractivity contribution < 1.29 is 24.2 Å². The summed E-state index contributed by atoms with van der Waals surface area (Å²) in [5.41, 5.74) is -0.534. The molecular formula is C12H20N2O5. The number of carboxylic acid groups (broad SMARTS) is 1. The molecule has 2 saturated heterocycles. The fourth-order valence-corrected chi connectivity index (χ4v) is 2.54. The number of rotatable bonds is 5. The predicted octanol–water partition coefficient (Wildman–Crippen LogP) is -0.935. The molecule has 2 fully saturated rings. The Hall–Kier alpha value is -1.18. The van der Waals surface area contributed by atoms with Crippen LogP contribution in [0.5, 0.6) is 0 Å². The third-order valence-electron chi connectivity index (χ3n) is 3.63. The number of amides is 1. The van der Waals surface area contributed by atoms with Crippen molar-refractivity contribution in [3.05, 3.63) is 0 Å². The van der Waals surface area contributed by atoms with E-state index in [0.29, 0.717) is 26.1 Å². The van der Waals surface area contributed by atoms with Gasteiger partial charge in [-0.3, -0.25) is 4.79 Å². The summed E-state index contributed by atoms with van der Waals surface area (Å²) < 4.78 is 10.5. The smallest absolute Gasteiger partial charge is 0.329 e. The quantitative estimate of drug-likeness (QED) is 0.672. The molecule has 2 atom stereocenters. The van der Waals surface area contributed by atoms with Gasteiger partial charge in [0.1, 0.15) is 12.2 Å². The minimum atomic E-state index is -0.994. The lowest BCUT2D eigenvalue weighted by atomic mass is 9.95. The molecule has 0 saturated carbocycles. The van der Waals surface area contributed by atoms with Gasteiger partial charge in [0.05, 0.1) is 25.2 Å². The average Bonchev–Trinajstić information content (AvgIpc) is 2.80. The first-order valence-corrected chi connectivity index (χ1v) is 6.34. The number of carboxylic acids is 1. The van der Waals surface area contributed by atoms with Crippen LogP contribution in [0.1, 0.15) is 13.3 Å². The first-order valence-electron chi connectivity index (χ1n) is 6.34. The number of carbonyl (C=O) groups excluding carboxylic acids is 1. The summed E-state index contributed by atoms with van der Waals surface area (Å²) in [5.74, 6) is -0.956. The maximum absolute atomic E-state index is 12.2. The van der Waals surface area contributed by atoms with Crippen LogP contribution in [-0.2, 0) is 19.1 Å². The largest absolute Gasteiger partial charge is 0.480 e. The fraction of sp³-hybridized carbons (Fsp3) is 0.833. The van der Waals surface area contributed by atoms with Gasteiger partial charge in [-0.2, -0.15) is 0 Å². The zero-order valence-corrected chi connectivity index (χ0v) is 11.2. The molecule has 0 spiro atoms. The Bertz CT molecular complexity index is 367. The van der Waals surface area contributed by atoms with Gasteiger partial charge < -0.3 is 24.8 Å². The van der Waals surface area contributed by atoms with Crippen molar-refractivity contribution >= 4 is 11.9 Å². The number of methoxy groups -OCH3 is 1. The Kier molecular flexibility index (Phi) is 4.07. The third kappa shape index (κ3) is 3.23. The molecule has 2 N–H and O–H groups in total. The second-order valence-corrected chi connectivity index (χ2v) is 5.38. The number of ether oxygens (including phenoxy) is 2. The van der Waals surface area contributed by atoms with Crippen LogP contribution in [0.15, 0.2) is 0 Å². The lowest BCUT2D eigenvalue weighted by Gasteiger charge is -2.48. The molecule has 2 aliphatic rings. The second kappa shape index (κ2) is 5.44. The van der Waals surface area contributed by atoms with Gasteiger partial charge in [-0.25, -0.2) is 4.79 Å². The predicted molar refractivity (Wildman–Crippen MR) is 65.8 cm³/mol. The van der Waals surface area contributed by atoms with Crippen molar-refractivity contribution in [1.82, 2.24) is 10.2 Å². The molecule has 0 aliphatic carbocycles. The molecule has 0 aromatic heterocycles. The molecule has 0 radical (unpaired) electrons. The number of likely N-dealkylation sites (tertiary alicyclic amines) is 1. The molecule has 108 valence electrons. The van der Waals surface area contributed by atoms with Crippen molar-refractivity contribution in [3.63, 3.8) is 0 Å². The first kappa shape index (κ1) is 14.2. The standard InChI is InChI=1S/C12H20N2O5/c1-12(19-5-10(15)16)6-14(7-12)11(17)9-3-8(18-2)4-13-9/h8-9,13H,3-7H2,1-2H3,(H,15,16). The lowest BCUT2D eigenvalue weighted by molar-refractivity contribution is -0.174. The average molecular weight is 272 g/mol. The topological polar surface area (TPSA) is 88.1 Å². The van der Waals surface area contributed by atoms with Crippen LogP contribution >= 0.6 is 0 Å². The highest BCUT2D eigenvalue weighted by Crippen LogP contribution is 2.26. The maximum atomic E-state index is 12.2. The number of hydrogen-bond donors (Lipinski definition) is 2. The molecular weight excluding hydrogens is 252 g/mol. The summed E-state index contributed by atoms with van der Waals surface area (Å²) >= 11 is 0. The van der Waals surface area contributed by atoms with Gasteiger partial charge in [0.2, 0.25) is 5.91 Å². The van der Waals surface area contributed by atoms with E-state index < -0.39 is 11.6 Å². The van der Waals surface area contributed by atoms with Crippen molar-refractivity contribution in [2.45, 2.75) is 31.1 Å². The summed E-state index contributed by atoms with van der Waals surface area (Å²) in [5, 5.41) is 11.7. The molecule has 0 aromatic carbocycles. The molecule has 7 nitrogen and oxygen atoms in total. The van der Waals surface area contributed by atoms with Gasteiger partial charge in [-0.1, -0.05) is 0 Å². The highest BCUT2D eigenvalue weighted by atomic mass is 16.5. The number of carbonyl (C=O) groups is 2. The molecule has 0 bridgehead atoms. The van der Waals surface area contributed by atoms with Crippen molar-refractivity contribution in [3.8, 4) is 0 Å². The van der Waals surface area contributed by atoms with E-state index in [-0.39, 0.29) is 24.7 Å². The van der Waals surface area contributed by atoms with E-state index in [2.05, 4.69) is 5.32 Å². The van der Waals surface area contributed by atoms with E-state index in [0.717, 1.165) is 0 Å². The van der Waals surface area contributed by atoms with E-state index in [1.807, 2.05) is 6.92 Å². The SMILES string of the molecule is COC1CNC(C(=O)N2CC(C)(OCC(=O)O)C2)C1. The third-order valence-corrected chi connectivity index (χ3v) is 3.63. The molecule has 1 amide bonds. The lowest BCUT2D eigenvalue weighted by Crippen LogP contribution is -2.65. The molecule has 2 unspecified atom stereocenters. The highest BCUT2D eigenvalue weighted by Gasteiger charge is 2.45. The van der Waals surface area contributed by atoms with Gasteiger partial charge in [-0.15, -0.1) is 0 Å². The molecule has 2 aliphatic heterocycles. The Balaban J connectivity index is 1.77. The number of hydrogen-bond acceptors (Lipinski definition) is 5.